The second-order valence-corrected chi connectivity index (χ2v) is 5.21. The first kappa shape index (κ1) is 15.3. The maximum atomic E-state index is 9.96. The summed E-state index contributed by atoms with van der Waals surface area (Å²) >= 11 is 0. The lowest BCUT2D eigenvalue weighted by atomic mass is 9.94. The average Bonchev–Trinajstić information content (AvgIpc) is 2.46. The van der Waals surface area contributed by atoms with Crippen molar-refractivity contribution in [2.75, 3.05) is 32.9 Å². The van der Waals surface area contributed by atoms with Crippen LogP contribution in [0.5, 0.6) is 5.75 Å². The molecule has 5 nitrogen and oxygen atoms in total. The highest BCUT2D eigenvalue weighted by atomic mass is 16.5. The smallest absolute Gasteiger partial charge is 0.123 e. The van der Waals surface area contributed by atoms with Crippen molar-refractivity contribution in [2.45, 2.75) is 19.1 Å². The predicted molar refractivity (Wildman–Crippen MR) is 75.5 cm³/mol. The average molecular weight is 281 g/mol. The number of para-hydroxylation sites is 1. The Morgan fingerprint density at radius 3 is 2.75 bits per heavy atom. The quantitative estimate of drug-likeness (QED) is 0.696. The molecule has 0 spiro atoms. The third-order valence-electron chi connectivity index (χ3n) is 3.76. The summed E-state index contributed by atoms with van der Waals surface area (Å²) in [5, 5.41) is 28.0. The van der Waals surface area contributed by atoms with Gasteiger partial charge < -0.3 is 20.1 Å². The minimum atomic E-state index is -0.473. The molecule has 0 amide bonds. The molecule has 1 heterocycles. The molecular weight excluding hydrogens is 258 g/mol. The van der Waals surface area contributed by atoms with E-state index in [1.54, 1.807) is 0 Å². The van der Waals surface area contributed by atoms with E-state index >= 15 is 0 Å². The summed E-state index contributed by atoms with van der Waals surface area (Å²) in [4.78, 5) is 2.16. The third-order valence-corrected chi connectivity index (χ3v) is 3.76. The zero-order chi connectivity index (χ0) is 14.4. The van der Waals surface area contributed by atoms with Crippen LogP contribution in [0.4, 0.5) is 0 Å². The van der Waals surface area contributed by atoms with Gasteiger partial charge in [-0.2, -0.15) is 0 Å². The molecule has 1 aliphatic rings. The van der Waals surface area contributed by atoms with Gasteiger partial charge in [-0.3, -0.25) is 4.90 Å². The van der Waals surface area contributed by atoms with Crippen molar-refractivity contribution in [3.63, 3.8) is 0 Å². The van der Waals surface area contributed by atoms with Crippen LogP contribution in [0.2, 0.25) is 0 Å². The minimum Gasteiger partial charge on any atom is -0.491 e. The molecule has 5 heteroatoms. The number of aliphatic hydroxyl groups excluding tert-OH is 3. The summed E-state index contributed by atoms with van der Waals surface area (Å²) in [5.74, 6) is 0.771. The maximum Gasteiger partial charge on any atom is 0.123 e. The lowest BCUT2D eigenvalue weighted by Gasteiger charge is -2.35. The summed E-state index contributed by atoms with van der Waals surface area (Å²) in [5.41, 5.74) is 1.05. The lowest BCUT2D eigenvalue weighted by Crippen LogP contribution is -2.44. The monoisotopic (exact) mass is 281 g/mol. The molecule has 0 bridgehead atoms. The van der Waals surface area contributed by atoms with E-state index in [1.807, 2.05) is 24.3 Å². The number of β-amino-alcohol motifs (C(OH)–C–C–N with tert-alkyl or cyclic N) is 1. The normalized spacial score (nSPS) is 23.8. The number of hydrogen-bond donors (Lipinski definition) is 3. The molecule has 2 atom stereocenters. The highest BCUT2D eigenvalue weighted by Gasteiger charge is 2.27. The van der Waals surface area contributed by atoms with Gasteiger partial charge in [0.25, 0.3) is 0 Å². The van der Waals surface area contributed by atoms with Crippen molar-refractivity contribution in [3.05, 3.63) is 29.8 Å². The van der Waals surface area contributed by atoms with Gasteiger partial charge in [-0.1, -0.05) is 18.2 Å². The van der Waals surface area contributed by atoms with Crippen LogP contribution in [0, 0.1) is 5.92 Å². The van der Waals surface area contributed by atoms with Crippen molar-refractivity contribution >= 4 is 0 Å². The summed E-state index contributed by atoms with van der Waals surface area (Å²) in [6, 6.07) is 7.75. The SMILES string of the molecule is OCCOc1ccccc1CN1CC[C@H](CO)[C@H](O)C1. The molecule has 2 rings (SSSR count). The van der Waals surface area contributed by atoms with E-state index in [0.29, 0.717) is 13.1 Å². The van der Waals surface area contributed by atoms with E-state index in [4.69, 9.17) is 14.9 Å². The van der Waals surface area contributed by atoms with Crippen LogP contribution in [0.3, 0.4) is 0 Å². The fourth-order valence-electron chi connectivity index (χ4n) is 2.57. The lowest BCUT2D eigenvalue weighted by molar-refractivity contribution is -0.00469. The van der Waals surface area contributed by atoms with Gasteiger partial charge in [0.15, 0.2) is 0 Å². The molecule has 0 radical (unpaired) electrons. The number of likely N-dealkylation sites (tertiary alicyclic amines) is 1. The van der Waals surface area contributed by atoms with Crippen LogP contribution in [-0.4, -0.2) is 59.2 Å². The summed E-state index contributed by atoms with van der Waals surface area (Å²) < 4.78 is 5.52. The van der Waals surface area contributed by atoms with Crippen molar-refractivity contribution in [1.82, 2.24) is 4.90 Å². The van der Waals surface area contributed by atoms with E-state index in [-0.39, 0.29) is 25.7 Å². The second-order valence-electron chi connectivity index (χ2n) is 5.21. The van der Waals surface area contributed by atoms with Crippen LogP contribution in [0.25, 0.3) is 0 Å². The Balaban J connectivity index is 1.96. The molecule has 1 aromatic carbocycles. The number of benzene rings is 1. The Bertz CT molecular complexity index is 413. The largest absolute Gasteiger partial charge is 0.491 e. The van der Waals surface area contributed by atoms with Crippen molar-refractivity contribution in [2.24, 2.45) is 5.92 Å². The maximum absolute atomic E-state index is 9.96. The molecule has 20 heavy (non-hydrogen) atoms. The second kappa shape index (κ2) is 7.59. The predicted octanol–water partition coefficient (Wildman–Crippen LogP) is 0.233. The molecule has 1 fully saturated rings. The van der Waals surface area contributed by atoms with Crippen LogP contribution in [-0.2, 0) is 6.54 Å². The van der Waals surface area contributed by atoms with E-state index in [9.17, 15) is 5.11 Å². The highest BCUT2D eigenvalue weighted by Crippen LogP contribution is 2.23. The van der Waals surface area contributed by atoms with Crippen LogP contribution >= 0.6 is 0 Å². The van der Waals surface area contributed by atoms with E-state index in [1.165, 1.54) is 0 Å². The van der Waals surface area contributed by atoms with Gasteiger partial charge in [0, 0.05) is 31.2 Å². The van der Waals surface area contributed by atoms with E-state index in [0.717, 1.165) is 24.3 Å². The Morgan fingerprint density at radius 1 is 1.25 bits per heavy atom. The van der Waals surface area contributed by atoms with Crippen molar-refractivity contribution in [3.8, 4) is 5.75 Å². The summed E-state index contributed by atoms with van der Waals surface area (Å²) in [7, 11) is 0. The number of aliphatic hydroxyl groups is 3. The fraction of sp³-hybridized carbons (Fsp3) is 0.600. The first-order chi connectivity index (χ1) is 9.74. The third kappa shape index (κ3) is 3.93. The van der Waals surface area contributed by atoms with Gasteiger partial charge in [-0.25, -0.2) is 0 Å². The molecule has 1 aromatic rings. The Hall–Kier alpha value is -1.14. The number of hydrogen-bond acceptors (Lipinski definition) is 5. The number of rotatable bonds is 6. The van der Waals surface area contributed by atoms with E-state index in [2.05, 4.69) is 4.90 Å². The fourth-order valence-corrected chi connectivity index (χ4v) is 2.57. The highest BCUT2D eigenvalue weighted by molar-refractivity contribution is 5.33. The van der Waals surface area contributed by atoms with Gasteiger partial charge in [-0.15, -0.1) is 0 Å². The topological polar surface area (TPSA) is 73.2 Å². The summed E-state index contributed by atoms with van der Waals surface area (Å²) in [6.45, 7) is 2.46. The molecule has 0 saturated carbocycles. The van der Waals surface area contributed by atoms with Gasteiger partial charge in [0.2, 0.25) is 0 Å². The van der Waals surface area contributed by atoms with Gasteiger partial charge in [0.1, 0.15) is 12.4 Å². The number of ether oxygens (including phenoxy) is 1. The Kier molecular flexibility index (Phi) is 5.79. The zero-order valence-corrected chi connectivity index (χ0v) is 11.6. The molecular formula is C15H23NO4. The molecule has 0 aliphatic carbocycles. The standard InChI is InChI=1S/C15H23NO4/c17-7-8-20-15-4-2-1-3-12(15)9-16-6-5-13(11-18)14(19)10-16/h1-4,13-14,17-19H,5-11H2/t13-,14-/m1/s1. The zero-order valence-electron chi connectivity index (χ0n) is 11.6. The first-order valence-corrected chi connectivity index (χ1v) is 7.07. The van der Waals surface area contributed by atoms with Crippen molar-refractivity contribution in [1.29, 1.82) is 0 Å². The molecule has 1 saturated heterocycles. The molecule has 112 valence electrons. The van der Waals surface area contributed by atoms with Crippen LogP contribution in [0.15, 0.2) is 24.3 Å². The van der Waals surface area contributed by atoms with Crippen molar-refractivity contribution < 1.29 is 20.1 Å². The Labute approximate surface area is 119 Å². The van der Waals surface area contributed by atoms with Crippen LogP contribution in [0.1, 0.15) is 12.0 Å². The molecule has 0 unspecified atom stereocenters. The van der Waals surface area contributed by atoms with Crippen LogP contribution < -0.4 is 4.74 Å². The molecule has 1 aliphatic heterocycles. The number of piperidine rings is 1. The van der Waals surface area contributed by atoms with Gasteiger partial charge >= 0.3 is 0 Å². The van der Waals surface area contributed by atoms with Gasteiger partial charge in [0.05, 0.1) is 12.7 Å². The van der Waals surface area contributed by atoms with Gasteiger partial charge in [-0.05, 0) is 19.0 Å². The minimum absolute atomic E-state index is 0.00502. The molecule has 0 aromatic heterocycles. The number of nitrogens with zero attached hydrogens (tertiary/aromatic N) is 1. The van der Waals surface area contributed by atoms with E-state index < -0.39 is 6.10 Å². The first-order valence-electron chi connectivity index (χ1n) is 7.07. The Morgan fingerprint density at radius 2 is 2.05 bits per heavy atom. The molecule has 3 N–H and O–H groups in total. The summed E-state index contributed by atoms with van der Waals surface area (Å²) in [6.07, 6.45) is 0.330.